The predicted octanol–water partition coefficient (Wildman–Crippen LogP) is 4.73. The lowest BCUT2D eigenvalue weighted by Gasteiger charge is -2.54. The Morgan fingerprint density at radius 3 is 2.46 bits per heavy atom. The number of hydrogen-bond acceptors (Lipinski definition) is 3. The summed E-state index contributed by atoms with van der Waals surface area (Å²) in [7, 11) is 0. The molecule has 0 amide bonds. The molecule has 5 unspecified atom stereocenters. The summed E-state index contributed by atoms with van der Waals surface area (Å²) in [4.78, 5) is 12.0. The lowest BCUT2D eigenvalue weighted by Crippen LogP contribution is -2.51. The molecule has 0 aromatic heterocycles. The first-order valence-electron chi connectivity index (χ1n) is 10.2. The monoisotopic (exact) mass is 334 g/mol. The highest BCUT2D eigenvalue weighted by atomic mass is 16.7. The van der Waals surface area contributed by atoms with Crippen LogP contribution in [0, 0.1) is 28.6 Å². The molecule has 4 fully saturated rings. The van der Waals surface area contributed by atoms with Gasteiger partial charge in [-0.05, 0) is 55.3 Å². The second-order valence-corrected chi connectivity index (χ2v) is 9.43. The van der Waals surface area contributed by atoms with E-state index in [0.717, 1.165) is 57.2 Å². The number of rotatable bonds is 2. The van der Waals surface area contributed by atoms with Crippen molar-refractivity contribution in [2.45, 2.75) is 84.3 Å². The van der Waals surface area contributed by atoms with Gasteiger partial charge in [-0.25, -0.2) is 0 Å². The number of carbonyl (C=O) groups excluding carboxylic acids is 1. The fourth-order valence-corrected chi connectivity index (χ4v) is 6.89. The zero-order valence-electron chi connectivity index (χ0n) is 15.7. The fourth-order valence-electron chi connectivity index (χ4n) is 6.89. The van der Waals surface area contributed by atoms with Crippen LogP contribution >= 0.6 is 0 Å². The number of hydrogen-bond donors (Lipinski definition) is 0. The molecule has 3 aliphatic carbocycles. The molecule has 0 aromatic carbocycles. The van der Waals surface area contributed by atoms with Gasteiger partial charge in [0.25, 0.3) is 0 Å². The van der Waals surface area contributed by atoms with Crippen LogP contribution in [-0.4, -0.2) is 24.8 Å². The molecule has 5 atom stereocenters. The summed E-state index contributed by atoms with van der Waals surface area (Å²) in [6.45, 7) is 8.73. The molecule has 1 saturated heterocycles. The molecule has 4 rings (SSSR count). The van der Waals surface area contributed by atoms with Crippen molar-refractivity contribution < 1.29 is 14.3 Å². The Hall–Kier alpha value is -0.410. The normalized spacial score (nSPS) is 48.0. The van der Waals surface area contributed by atoms with Crippen LogP contribution < -0.4 is 0 Å². The molecule has 0 N–H and O–H groups in total. The average Bonchev–Trinajstić information content (AvgIpc) is 3.17. The van der Waals surface area contributed by atoms with Gasteiger partial charge in [0, 0.05) is 24.7 Å². The Balaban J connectivity index is 1.54. The maximum Gasteiger partial charge on any atom is 0.174 e. The van der Waals surface area contributed by atoms with Crippen molar-refractivity contribution in [3.05, 3.63) is 0 Å². The molecule has 3 saturated carbocycles. The van der Waals surface area contributed by atoms with Crippen molar-refractivity contribution in [1.29, 1.82) is 0 Å². The Morgan fingerprint density at radius 2 is 1.75 bits per heavy atom. The maximum atomic E-state index is 12.0. The Morgan fingerprint density at radius 1 is 1.04 bits per heavy atom. The van der Waals surface area contributed by atoms with E-state index in [2.05, 4.69) is 20.8 Å². The van der Waals surface area contributed by atoms with E-state index in [9.17, 15) is 4.79 Å². The van der Waals surface area contributed by atoms with Crippen molar-refractivity contribution in [3.63, 3.8) is 0 Å². The minimum Gasteiger partial charge on any atom is -0.347 e. The molecule has 24 heavy (non-hydrogen) atoms. The van der Waals surface area contributed by atoms with Crippen molar-refractivity contribution in [2.24, 2.45) is 28.6 Å². The zero-order valence-corrected chi connectivity index (χ0v) is 15.7. The van der Waals surface area contributed by atoms with Crippen LogP contribution in [0.2, 0.25) is 0 Å². The summed E-state index contributed by atoms with van der Waals surface area (Å²) in [6.07, 6.45) is 10.0. The Labute approximate surface area is 146 Å². The molecule has 1 aliphatic heterocycles. The van der Waals surface area contributed by atoms with Gasteiger partial charge in [-0.15, -0.1) is 0 Å². The van der Waals surface area contributed by atoms with Gasteiger partial charge >= 0.3 is 0 Å². The van der Waals surface area contributed by atoms with Crippen molar-refractivity contribution in [1.82, 2.24) is 0 Å². The predicted molar refractivity (Wildman–Crippen MR) is 93.6 cm³/mol. The number of Topliss-reactive ketones (excluding diaryl/α,β-unsaturated/α-hetero) is 1. The standard InChI is InChI=1S/C21H34O3/c1-4-15-14-18(22)7-8-19(15,2)16-5-9-20(3)17(13-16)6-10-21(20)23-11-12-24-21/h15-17H,4-14H2,1-3H3. The van der Waals surface area contributed by atoms with Crippen LogP contribution in [0.3, 0.4) is 0 Å². The van der Waals surface area contributed by atoms with Crippen LogP contribution in [0.1, 0.15) is 78.6 Å². The minimum absolute atomic E-state index is 0.197. The first-order valence-corrected chi connectivity index (χ1v) is 10.2. The number of carbonyl (C=O) groups is 1. The molecular formula is C21H34O3. The van der Waals surface area contributed by atoms with Gasteiger partial charge in [0.15, 0.2) is 5.79 Å². The van der Waals surface area contributed by atoms with Crippen LogP contribution in [0.15, 0.2) is 0 Å². The van der Waals surface area contributed by atoms with Gasteiger partial charge in [0.2, 0.25) is 0 Å². The summed E-state index contributed by atoms with van der Waals surface area (Å²) in [6, 6.07) is 0. The number of fused-ring (bicyclic) bond motifs is 2. The SMILES string of the molecule is CCC1CC(=O)CCC1(C)C1CCC2(C)C(CCC23OCCO3)C1. The molecule has 0 radical (unpaired) electrons. The van der Waals surface area contributed by atoms with Crippen LogP contribution in [-0.2, 0) is 14.3 Å². The third kappa shape index (κ3) is 2.26. The van der Waals surface area contributed by atoms with Gasteiger partial charge in [0.1, 0.15) is 5.78 Å². The van der Waals surface area contributed by atoms with Gasteiger partial charge in [-0.3, -0.25) is 4.79 Å². The van der Waals surface area contributed by atoms with Crippen molar-refractivity contribution in [3.8, 4) is 0 Å². The van der Waals surface area contributed by atoms with E-state index in [0.29, 0.717) is 17.1 Å². The second-order valence-electron chi connectivity index (χ2n) is 9.43. The van der Waals surface area contributed by atoms with E-state index in [1.807, 2.05) is 0 Å². The van der Waals surface area contributed by atoms with E-state index < -0.39 is 0 Å². The largest absolute Gasteiger partial charge is 0.347 e. The van der Waals surface area contributed by atoms with Gasteiger partial charge < -0.3 is 9.47 Å². The third-order valence-electron chi connectivity index (χ3n) is 8.70. The molecule has 0 bridgehead atoms. The summed E-state index contributed by atoms with van der Waals surface area (Å²) in [5.74, 6) is 2.29. The molecule has 0 aromatic rings. The maximum absolute atomic E-state index is 12.0. The van der Waals surface area contributed by atoms with Crippen molar-refractivity contribution >= 4 is 5.78 Å². The lowest BCUT2D eigenvalue weighted by molar-refractivity contribution is -0.236. The fraction of sp³-hybridized carbons (Fsp3) is 0.952. The van der Waals surface area contributed by atoms with E-state index >= 15 is 0 Å². The second kappa shape index (κ2) is 5.81. The number of ether oxygens (including phenoxy) is 2. The summed E-state index contributed by atoms with van der Waals surface area (Å²) in [5.41, 5.74) is 0.555. The van der Waals surface area contributed by atoms with E-state index in [-0.39, 0.29) is 11.2 Å². The Kier molecular flexibility index (Phi) is 4.12. The quantitative estimate of drug-likeness (QED) is 0.732. The molecule has 4 aliphatic rings. The van der Waals surface area contributed by atoms with Crippen LogP contribution in [0.5, 0.6) is 0 Å². The molecule has 1 heterocycles. The highest BCUT2D eigenvalue weighted by Gasteiger charge is 2.63. The molecule has 3 heteroatoms. The average molecular weight is 335 g/mol. The van der Waals surface area contributed by atoms with E-state index in [1.165, 1.54) is 25.7 Å². The third-order valence-corrected chi connectivity index (χ3v) is 8.70. The summed E-state index contributed by atoms with van der Waals surface area (Å²) >= 11 is 0. The number of ketones is 1. The molecular weight excluding hydrogens is 300 g/mol. The summed E-state index contributed by atoms with van der Waals surface area (Å²) in [5, 5.41) is 0. The topological polar surface area (TPSA) is 35.5 Å². The minimum atomic E-state index is -0.282. The van der Waals surface area contributed by atoms with Gasteiger partial charge in [0.05, 0.1) is 13.2 Å². The molecule has 136 valence electrons. The van der Waals surface area contributed by atoms with E-state index in [1.54, 1.807) is 0 Å². The highest BCUT2D eigenvalue weighted by Crippen LogP contribution is 2.64. The first kappa shape index (κ1) is 17.0. The Bertz CT molecular complexity index is 509. The van der Waals surface area contributed by atoms with Gasteiger partial charge in [-0.1, -0.05) is 27.2 Å². The molecule has 3 nitrogen and oxygen atoms in total. The zero-order chi connectivity index (χ0) is 17.0. The highest BCUT2D eigenvalue weighted by molar-refractivity contribution is 5.79. The van der Waals surface area contributed by atoms with Crippen LogP contribution in [0.25, 0.3) is 0 Å². The van der Waals surface area contributed by atoms with Crippen molar-refractivity contribution in [2.75, 3.05) is 13.2 Å². The first-order chi connectivity index (χ1) is 11.4. The lowest BCUT2D eigenvalue weighted by atomic mass is 9.52. The molecule has 1 spiro atoms. The van der Waals surface area contributed by atoms with Gasteiger partial charge in [-0.2, -0.15) is 0 Å². The summed E-state index contributed by atoms with van der Waals surface area (Å²) < 4.78 is 12.3. The smallest absolute Gasteiger partial charge is 0.174 e. The van der Waals surface area contributed by atoms with E-state index in [4.69, 9.17) is 9.47 Å². The van der Waals surface area contributed by atoms with Crippen LogP contribution in [0.4, 0.5) is 0 Å².